The average Bonchev–Trinajstić information content (AvgIpc) is 2.43. The van der Waals surface area contributed by atoms with Gasteiger partial charge in [0.1, 0.15) is 0 Å². The normalized spacial score (nSPS) is 10.6. The van der Waals surface area contributed by atoms with E-state index in [0.29, 0.717) is 19.8 Å². The van der Waals surface area contributed by atoms with Crippen LogP contribution in [-0.4, -0.2) is 46.7 Å². The number of ether oxygens (including phenoxy) is 3. The van der Waals surface area contributed by atoms with Gasteiger partial charge in [0, 0.05) is 26.9 Å². The number of hydrogen-bond donors (Lipinski definition) is 1. The van der Waals surface area contributed by atoms with Crippen molar-refractivity contribution in [1.29, 1.82) is 0 Å². The third-order valence-electron chi connectivity index (χ3n) is 2.44. The van der Waals surface area contributed by atoms with E-state index in [-0.39, 0.29) is 0 Å². The van der Waals surface area contributed by atoms with Crippen LogP contribution in [0.4, 0.5) is 5.69 Å². The number of hydrogen-bond acceptors (Lipinski definition) is 4. The van der Waals surface area contributed by atoms with E-state index >= 15 is 0 Å². The SMILES string of the molecule is COCCCOCCOCCNc1ccccc1Cl. The van der Waals surface area contributed by atoms with Crippen molar-refractivity contribution < 1.29 is 14.2 Å². The Hall–Kier alpha value is -0.810. The second-order valence-electron chi connectivity index (χ2n) is 3.98. The van der Waals surface area contributed by atoms with Crippen LogP contribution in [0.1, 0.15) is 6.42 Å². The zero-order chi connectivity index (χ0) is 13.8. The van der Waals surface area contributed by atoms with Crippen molar-refractivity contribution in [3.63, 3.8) is 0 Å². The maximum Gasteiger partial charge on any atom is 0.0701 e. The fourth-order valence-corrected chi connectivity index (χ4v) is 1.69. The van der Waals surface area contributed by atoms with Crippen LogP contribution in [0.25, 0.3) is 0 Å². The highest BCUT2D eigenvalue weighted by Crippen LogP contribution is 2.19. The van der Waals surface area contributed by atoms with Gasteiger partial charge in [-0.3, -0.25) is 0 Å². The summed E-state index contributed by atoms with van der Waals surface area (Å²) >= 11 is 6.01. The molecule has 0 aliphatic carbocycles. The molecule has 1 aromatic rings. The van der Waals surface area contributed by atoms with Gasteiger partial charge in [-0.25, -0.2) is 0 Å². The van der Waals surface area contributed by atoms with Gasteiger partial charge in [-0.2, -0.15) is 0 Å². The third-order valence-corrected chi connectivity index (χ3v) is 2.77. The number of nitrogens with one attached hydrogen (secondary N) is 1. The minimum atomic E-state index is 0.608. The lowest BCUT2D eigenvalue weighted by Crippen LogP contribution is -2.13. The van der Waals surface area contributed by atoms with Crippen LogP contribution in [0, 0.1) is 0 Å². The van der Waals surface area contributed by atoms with E-state index in [0.717, 1.165) is 36.9 Å². The standard InChI is InChI=1S/C14H22ClNO3/c1-17-8-4-9-18-11-12-19-10-7-16-14-6-3-2-5-13(14)15/h2-3,5-6,16H,4,7-12H2,1H3. The van der Waals surface area contributed by atoms with Gasteiger partial charge in [0.2, 0.25) is 0 Å². The van der Waals surface area contributed by atoms with E-state index in [9.17, 15) is 0 Å². The summed E-state index contributed by atoms with van der Waals surface area (Å²) < 4.78 is 15.7. The predicted octanol–water partition coefficient (Wildman–Crippen LogP) is 2.82. The Kier molecular flexibility index (Phi) is 9.45. The molecule has 0 amide bonds. The van der Waals surface area contributed by atoms with Crippen LogP contribution in [0.5, 0.6) is 0 Å². The molecule has 0 aliphatic heterocycles. The van der Waals surface area contributed by atoms with Crippen molar-refractivity contribution in [3.05, 3.63) is 29.3 Å². The lowest BCUT2D eigenvalue weighted by atomic mass is 10.3. The summed E-state index contributed by atoms with van der Waals surface area (Å²) in [5.74, 6) is 0. The number of methoxy groups -OCH3 is 1. The average molecular weight is 288 g/mol. The molecule has 0 atom stereocenters. The van der Waals surface area contributed by atoms with Crippen LogP contribution in [0.3, 0.4) is 0 Å². The minimum absolute atomic E-state index is 0.608. The van der Waals surface area contributed by atoms with Gasteiger partial charge in [0.25, 0.3) is 0 Å². The summed E-state index contributed by atoms with van der Waals surface area (Å²) in [6.07, 6.45) is 0.921. The molecular formula is C14H22ClNO3. The van der Waals surface area contributed by atoms with Gasteiger partial charge in [0.05, 0.1) is 30.5 Å². The molecule has 1 aromatic carbocycles. The molecule has 0 aromatic heterocycles. The second-order valence-corrected chi connectivity index (χ2v) is 4.38. The summed E-state index contributed by atoms with van der Waals surface area (Å²) in [4.78, 5) is 0. The Morgan fingerprint density at radius 2 is 1.74 bits per heavy atom. The zero-order valence-electron chi connectivity index (χ0n) is 11.4. The van der Waals surface area contributed by atoms with E-state index < -0.39 is 0 Å². The fraction of sp³-hybridized carbons (Fsp3) is 0.571. The summed E-state index contributed by atoms with van der Waals surface area (Å²) in [6.45, 7) is 4.05. The summed E-state index contributed by atoms with van der Waals surface area (Å²) in [5, 5.41) is 3.94. The van der Waals surface area contributed by atoms with Crippen LogP contribution in [0.15, 0.2) is 24.3 Å². The van der Waals surface area contributed by atoms with Crippen molar-refractivity contribution in [1.82, 2.24) is 0 Å². The molecule has 108 valence electrons. The maximum atomic E-state index is 6.01. The molecule has 0 spiro atoms. The van der Waals surface area contributed by atoms with Crippen LogP contribution >= 0.6 is 11.6 Å². The Morgan fingerprint density at radius 3 is 2.47 bits per heavy atom. The van der Waals surface area contributed by atoms with Crippen molar-refractivity contribution in [3.8, 4) is 0 Å². The largest absolute Gasteiger partial charge is 0.385 e. The fourth-order valence-electron chi connectivity index (χ4n) is 1.49. The first-order valence-corrected chi connectivity index (χ1v) is 6.85. The monoisotopic (exact) mass is 287 g/mol. The Labute approximate surface area is 120 Å². The predicted molar refractivity (Wildman–Crippen MR) is 78.1 cm³/mol. The molecule has 0 saturated carbocycles. The maximum absolute atomic E-state index is 6.01. The molecule has 0 aliphatic rings. The molecular weight excluding hydrogens is 266 g/mol. The Morgan fingerprint density at radius 1 is 1.00 bits per heavy atom. The van der Waals surface area contributed by atoms with Gasteiger partial charge < -0.3 is 19.5 Å². The lowest BCUT2D eigenvalue weighted by molar-refractivity contribution is 0.0431. The molecule has 1 rings (SSSR count). The summed E-state index contributed by atoms with van der Waals surface area (Å²) in [7, 11) is 1.69. The molecule has 0 heterocycles. The van der Waals surface area contributed by atoms with Crippen LogP contribution < -0.4 is 5.32 Å². The number of halogens is 1. The van der Waals surface area contributed by atoms with Crippen LogP contribution in [-0.2, 0) is 14.2 Å². The molecule has 0 radical (unpaired) electrons. The first-order chi connectivity index (χ1) is 9.34. The first kappa shape index (κ1) is 16.2. The van der Waals surface area contributed by atoms with Crippen molar-refractivity contribution >= 4 is 17.3 Å². The molecule has 0 fully saturated rings. The molecule has 4 nitrogen and oxygen atoms in total. The van der Waals surface area contributed by atoms with Crippen molar-refractivity contribution in [2.24, 2.45) is 0 Å². The molecule has 1 N–H and O–H groups in total. The lowest BCUT2D eigenvalue weighted by Gasteiger charge is -2.09. The molecule has 0 bridgehead atoms. The Balaban J connectivity index is 1.90. The molecule has 5 heteroatoms. The van der Waals surface area contributed by atoms with E-state index in [1.165, 1.54) is 0 Å². The van der Waals surface area contributed by atoms with Crippen LogP contribution in [0.2, 0.25) is 5.02 Å². The summed E-state index contributed by atoms with van der Waals surface area (Å²) in [6, 6.07) is 7.66. The quantitative estimate of drug-likeness (QED) is 0.635. The Bertz CT molecular complexity index is 336. The smallest absolute Gasteiger partial charge is 0.0701 e. The van der Waals surface area contributed by atoms with Gasteiger partial charge in [0.15, 0.2) is 0 Å². The van der Waals surface area contributed by atoms with Gasteiger partial charge >= 0.3 is 0 Å². The number of anilines is 1. The van der Waals surface area contributed by atoms with E-state index in [1.807, 2.05) is 24.3 Å². The highest BCUT2D eigenvalue weighted by Gasteiger charge is 1.96. The topological polar surface area (TPSA) is 39.7 Å². The second kappa shape index (κ2) is 11.1. The molecule has 19 heavy (non-hydrogen) atoms. The highest BCUT2D eigenvalue weighted by molar-refractivity contribution is 6.33. The van der Waals surface area contributed by atoms with Crippen molar-refractivity contribution in [2.45, 2.75) is 6.42 Å². The van der Waals surface area contributed by atoms with Gasteiger partial charge in [-0.05, 0) is 18.6 Å². The van der Waals surface area contributed by atoms with Crippen molar-refractivity contribution in [2.75, 3.05) is 52.0 Å². The third kappa shape index (κ3) is 8.06. The van der Waals surface area contributed by atoms with E-state index in [4.69, 9.17) is 25.8 Å². The molecule has 0 saturated heterocycles. The summed E-state index contributed by atoms with van der Waals surface area (Å²) in [5.41, 5.74) is 0.934. The first-order valence-electron chi connectivity index (χ1n) is 6.47. The minimum Gasteiger partial charge on any atom is -0.385 e. The van der Waals surface area contributed by atoms with E-state index in [1.54, 1.807) is 7.11 Å². The van der Waals surface area contributed by atoms with Gasteiger partial charge in [-0.1, -0.05) is 23.7 Å². The number of para-hydroxylation sites is 1. The number of benzene rings is 1. The highest BCUT2D eigenvalue weighted by atomic mass is 35.5. The molecule has 0 unspecified atom stereocenters. The zero-order valence-corrected chi connectivity index (χ0v) is 12.1. The number of rotatable bonds is 11. The van der Waals surface area contributed by atoms with Gasteiger partial charge in [-0.15, -0.1) is 0 Å². The van der Waals surface area contributed by atoms with E-state index in [2.05, 4.69) is 5.32 Å².